The monoisotopic (exact) mass is 388 g/mol. The maximum atomic E-state index is 12.5. The van der Waals surface area contributed by atoms with Crippen LogP contribution in [0.25, 0.3) is 0 Å². The Bertz CT molecular complexity index is 1050. The van der Waals surface area contributed by atoms with Crippen molar-refractivity contribution < 1.29 is 14.3 Å². The third-order valence-corrected chi connectivity index (χ3v) is 4.88. The number of carbonyl (C=O) groups is 2. The van der Waals surface area contributed by atoms with E-state index in [-0.39, 0.29) is 5.69 Å². The number of anilines is 2. The zero-order valence-electron chi connectivity index (χ0n) is 16.0. The second-order valence-electron chi connectivity index (χ2n) is 6.74. The predicted octanol–water partition coefficient (Wildman–Crippen LogP) is 3.08. The Morgan fingerprint density at radius 1 is 1.00 bits per heavy atom. The van der Waals surface area contributed by atoms with E-state index < -0.39 is 11.9 Å². The summed E-state index contributed by atoms with van der Waals surface area (Å²) >= 11 is 0. The highest BCUT2D eigenvalue weighted by molar-refractivity contribution is 6.03. The Labute approximate surface area is 168 Å². The molecule has 0 saturated heterocycles. The third kappa shape index (κ3) is 4.08. The Morgan fingerprint density at radius 3 is 2.59 bits per heavy atom. The van der Waals surface area contributed by atoms with Crippen LogP contribution in [0.3, 0.4) is 0 Å². The highest BCUT2D eigenvalue weighted by Crippen LogP contribution is 2.22. The molecule has 0 atom stereocenters. The first-order valence-corrected chi connectivity index (χ1v) is 9.29. The van der Waals surface area contributed by atoms with Crippen molar-refractivity contribution in [1.29, 1.82) is 0 Å². The fourth-order valence-corrected chi connectivity index (χ4v) is 3.34. The average Bonchev–Trinajstić information content (AvgIpc) is 2.78. The maximum Gasteiger partial charge on any atom is 0.337 e. The van der Waals surface area contributed by atoms with Gasteiger partial charge in [-0.2, -0.15) is 0 Å². The van der Waals surface area contributed by atoms with Gasteiger partial charge < -0.3 is 15.0 Å². The van der Waals surface area contributed by atoms with Gasteiger partial charge in [0, 0.05) is 18.8 Å². The van der Waals surface area contributed by atoms with E-state index in [9.17, 15) is 9.59 Å². The molecule has 2 aromatic carbocycles. The van der Waals surface area contributed by atoms with Crippen LogP contribution in [0.5, 0.6) is 0 Å². The molecule has 7 heteroatoms. The number of amides is 1. The van der Waals surface area contributed by atoms with Crippen LogP contribution in [0, 0.1) is 0 Å². The quantitative estimate of drug-likeness (QED) is 0.692. The number of nitrogens with zero attached hydrogens (tertiary/aromatic N) is 3. The highest BCUT2D eigenvalue weighted by Gasteiger charge is 2.18. The molecule has 1 N–H and O–H groups in total. The molecule has 0 saturated carbocycles. The van der Waals surface area contributed by atoms with Crippen molar-refractivity contribution in [1.82, 2.24) is 10.2 Å². The van der Waals surface area contributed by atoms with Crippen LogP contribution in [-0.4, -0.2) is 35.7 Å². The molecule has 4 rings (SSSR count). The summed E-state index contributed by atoms with van der Waals surface area (Å²) in [6.45, 7) is 1.63. The van der Waals surface area contributed by atoms with Gasteiger partial charge in [0.2, 0.25) is 0 Å². The van der Waals surface area contributed by atoms with E-state index in [1.165, 1.54) is 18.2 Å². The lowest BCUT2D eigenvalue weighted by Gasteiger charge is -2.29. The summed E-state index contributed by atoms with van der Waals surface area (Å²) in [5, 5.41) is 11.0. The zero-order valence-corrected chi connectivity index (χ0v) is 16.0. The van der Waals surface area contributed by atoms with Gasteiger partial charge in [-0.1, -0.05) is 30.3 Å². The minimum absolute atomic E-state index is 0.203. The summed E-state index contributed by atoms with van der Waals surface area (Å²) in [6, 6.07) is 18.4. The van der Waals surface area contributed by atoms with Crippen LogP contribution in [-0.2, 0) is 17.7 Å². The van der Waals surface area contributed by atoms with E-state index >= 15 is 0 Å². The molecule has 1 aliphatic heterocycles. The van der Waals surface area contributed by atoms with Crippen molar-refractivity contribution in [3.8, 4) is 0 Å². The van der Waals surface area contributed by atoms with Crippen molar-refractivity contribution in [3.05, 3.63) is 83.0 Å². The number of aromatic nitrogens is 2. The van der Waals surface area contributed by atoms with E-state index in [0.717, 1.165) is 25.3 Å². The number of esters is 1. The summed E-state index contributed by atoms with van der Waals surface area (Å²) in [5.41, 5.74) is 3.69. The molecule has 0 unspecified atom stereocenters. The lowest BCUT2D eigenvalue weighted by Crippen LogP contribution is -2.31. The molecular formula is C22H20N4O3. The Kier molecular flexibility index (Phi) is 5.20. The average molecular weight is 388 g/mol. The fraction of sp³-hybridized carbons (Fsp3) is 0.182. The normalized spacial score (nSPS) is 12.8. The molecule has 0 radical (unpaired) electrons. The molecule has 0 fully saturated rings. The Hall–Kier alpha value is -3.74. The van der Waals surface area contributed by atoms with E-state index in [4.69, 9.17) is 4.74 Å². The number of hydrogen-bond acceptors (Lipinski definition) is 6. The van der Waals surface area contributed by atoms with Crippen molar-refractivity contribution in [2.75, 3.05) is 23.9 Å². The van der Waals surface area contributed by atoms with Gasteiger partial charge in [0.1, 0.15) is 0 Å². The second kappa shape index (κ2) is 8.10. The van der Waals surface area contributed by atoms with Gasteiger partial charge in [-0.05, 0) is 47.9 Å². The lowest BCUT2D eigenvalue weighted by atomic mass is 10.00. The minimum Gasteiger partial charge on any atom is -0.465 e. The molecule has 0 spiro atoms. The SMILES string of the molecule is COC(=O)c1cccc(NC(=O)c2ccc(N3CCc4ccccc4C3)nn2)c1. The summed E-state index contributed by atoms with van der Waals surface area (Å²) in [5.74, 6) is -0.118. The standard InChI is InChI=1S/C22H20N4O3/c1-29-22(28)16-7-4-8-18(13-16)23-21(27)19-9-10-20(25-24-19)26-12-11-15-5-2-3-6-17(15)14-26/h2-10,13H,11-12,14H2,1H3,(H,23,27). The van der Waals surface area contributed by atoms with Crippen LogP contribution in [0.2, 0.25) is 0 Å². The van der Waals surface area contributed by atoms with Gasteiger partial charge in [-0.25, -0.2) is 4.79 Å². The van der Waals surface area contributed by atoms with Gasteiger partial charge in [-0.3, -0.25) is 4.79 Å². The number of methoxy groups -OCH3 is 1. The number of fused-ring (bicyclic) bond motifs is 1. The first-order chi connectivity index (χ1) is 14.1. The molecule has 7 nitrogen and oxygen atoms in total. The fourth-order valence-electron chi connectivity index (χ4n) is 3.34. The van der Waals surface area contributed by atoms with Crippen molar-refractivity contribution in [2.45, 2.75) is 13.0 Å². The van der Waals surface area contributed by atoms with Gasteiger partial charge in [-0.15, -0.1) is 10.2 Å². The van der Waals surface area contributed by atoms with E-state index in [1.54, 1.807) is 36.4 Å². The molecule has 0 bridgehead atoms. The zero-order chi connectivity index (χ0) is 20.2. The third-order valence-electron chi connectivity index (χ3n) is 4.88. The molecule has 1 amide bonds. The van der Waals surface area contributed by atoms with Gasteiger partial charge in [0.15, 0.2) is 11.5 Å². The van der Waals surface area contributed by atoms with Crippen molar-refractivity contribution in [3.63, 3.8) is 0 Å². The molecule has 146 valence electrons. The molecule has 1 aromatic heterocycles. The van der Waals surface area contributed by atoms with Crippen LogP contribution in [0.4, 0.5) is 11.5 Å². The lowest BCUT2D eigenvalue weighted by molar-refractivity contribution is 0.0600. The Morgan fingerprint density at radius 2 is 1.83 bits per heavy atom. The number of hydrogen-bond donors (Lipinski definition) is 1. The number of benzene rings is 2. The largest absolute Gasteiger partial charge is 0.465 e. The first-order valence-electron chi connectivity index (χ1n) is 9.29. The topological polar surface area (TPSA) is 84.4 Å². The molecule has 2 heterocycles. The van der Waals surface area contributed by atoms with E-state index in [1.807, 2.05) is 6.07 Å². The number of rotatable bonds is 4. The predicted molar refractivity (Wildman–Crippen MR) is 109 cm³/mol. The molecule has 1 aliphatic rings. The van der Waals surface area contributed by atoms with Crippen LogP contribution in [0.1, 0.15) is 32.0 Å². The number of ether oxygens (including phenoxy) is 1. The second-order valence-corrected chi connectivity index (χ2v) is 6.74. The smallest absolute Gasteiger partial charge is 0.337 e. The van der Waals surface area contributed by atoms with Crippen molar-refractivity contribution in [2.24, 2.45) is 0 Å². The summed E-state index contributed by atoms with van der Waals surface area (Å²) in [4.78, 5) is 26.2. The van der Waals surface area contributed by atoms with Crippen LogP contribution in [0.15, 0.2) is 60.7 Å². The van der Waals surface area contributed by atoms with Crippen LogP contribution >= 0.6 is 0 Å². The summed E-state index contributed by atoms with van der Waals surface area (Å²) in [6.07, 6.45) is 0.955. The number of carbonyl (C=O) groups excluding carboxylic acids is 2. The van der Waals surface area contributed by atoms with Gasteiger partial charge in [0.05, 0.1) is 12.7 Å². The summed E-state index contributed by atoms with van der Waals surface area (Å²) < 4.78 is 4.70. The van der Waals surface area contributed by atoms with Gasteiger partial charge in [0.25, 0.3) is 5.91 Å². The Balaban J connectivity index is 1.44. The van der Waals surface area contributed by atoms with Gasteiger partial charge >= 0.3 is 5.97 Å². The first kappa shape index (κ1) is 18.6. The van der Waals surface area contributed by atoms with E-state index in [0.29, 0.717) is 11.3 Å². The molecule has 3 aromatic rings. The minimum atomic E-state index is -0.464. The van der Waals surface area contributed by atoms with Crippen molar-refractivity contribution >= 4 is 23.4 Å². The molecular weight excluding hydrogens is 368 g/mol. The maximum absolute atomic E-state index is 12.5. The molecule has 29 heavy (non-hydrogen) atoms. The van der Waals surface area contributed by atoms with Crippen LogP contribution < -0.4 is 10.2 Å². The molecule has 0 aliphatic carbocycles. The summed E-state index contributed by atoms with van der Waals surface area (Å²) in [7, 11) is 1.31. The van der Waals surface area contributed by atoms with E-state index in [2.05, 4.69) is 38.6 Å². The number of nitrogens with one attached hydrogen (secondary N) is 1. The highest BCUT2D eigenvalue weighted by atomic mass is 16.5.